The van der Waals surface area contributed by atoms with Gasteiger partial charge >= 0.3 is 0 Å². The maximum atomic E-state index is 5.42. The Hall–Kier alpha value is -1.46. The molecule has 1 aromatic carbocycles. The van der Waals surface area contributed by atoms with E-state index in [0.29, 0.717) is 0 Å². The quantitative estimate of drug-likeness (QED) is 0.912. The Bertz CT molecular complexity index is 572. The van der Waals surface area contributed by atoms with Crippen LogP contribution in [0.2, 0.25) is 0 Å². The van der Waals surface area contributed by atoms with E-state index in [-0.39, 0.29) is 6.04 Å². The third-order valence-electron chi connectivity index (χ3n) is 3.17. The van der Waals surface area contributed by atoms with Gasteiger partial charge in [-0.25, -0.2) is 0 Å². The van der Waals surface area contributed by atoms with E-state index in [1.165, 1.54) is 0 Å². The van der Waals surface area contributed by atoms with Crippen molar-refractivity contribution in [2.24, 2.45) is 0 Å². The van der Waals surface area contributed by atoms with Crippen LogP contribution in [0.25, 0.3) is 0 Å². The van der Waals surface area contributed by atoms with E-state index in [1.54, 1.807) is 13.3 Å². The van der Waals surface area contributed by atoms with E-state index in [2.05, 4.69) is 37.3 Å². The van der Waals surface area contributed by atoms with Crippen LogP contribution < -0.4 is 10.1 Å². The van der Waals surface area contributed by atoms with Gasteiger partial charge in [0, 0.05) is 10.7 Å². The molecule has 0 aliphatic heterocycles. The molecule has 0 amide bonds. The Balaban J connectivity index is 2.26. The van der Waals surface area contributed by atoms with Crippen LogP contribution in [0.3, 0.4) is 0 Å². The van der Waals surface area contributed by atoms with E-state index in [0.717, 1.165) is 33.6 Å². The molecule has 0 saturated carbocycles. The van der Waals surface area contributed by atoms with Crippen LogP contribution in [-0.4, -0.2) is 24.1 Å². The molecule has 106 valence electrons. The van der Waals surface area contributed by atoms with Gasteiger partial charge in [0.1, 0.15) is 5.75 Å². The number of hydrogen-bond acceptors (Lipinski definition) is 4. The number of hydrogen-bond donors (Lipinski definition) is 1. The predicted molar refractivity (Wildman–Crippen MR) is 83.0 cm³/mol. The van der Waals surface area contributed by atoms with E-state index in [9.17, 15) is 0 Å². The molecule has 1 aromatic heterocycles. The summed E-state index contributed by atoms with van der Waals surface area (Å²) in [6, 6.07) is 6.12. The number of ether oxygens (including phenoxy) is 1. The number of rotatable bonds is 5. The first-order chi connectivity index (χ1) is 9.63. The summed E-state index contributed by atoms with van der Waals surface area (Å²) in [6.45, 7) is 1.93. The molecule has 1 heterocycles. The fourth-order valence-electron chi connectivity index (χ4n) is 2.06. The van der Waals surface area contributed by atoms with Crippen molar-refractivity contribution in [3.8, 4) is 5.75 Å². The molecule has 5 heteroatoms. The van der Waals surface area contributed by atoms with E-state index < -0.39 is 0 Å². The summed E-state index contributed by atoms with van der Waals surface area (Å²) in [5.74, 6) is 0.883. The highest BCUT2D eigenvalue weighted by Gasteiger charge is 2.15. The minimum Gasteiger partial charge on any atom is -0.496 e. The van der Waals surface area contributed by atoms with Gasteiger partial charge in [0.05, 0.1) is 30.7 Å². The minimum absolute atomic E-state index is 0.103. The average molecular weight is 336 g/mol. The summed E-state index contributed by atoms with van der Waals surface area (Å²) in [5.41, 5.74) is 2.98. The minimum atomic E-state index is 0.103. The van der Waals surface area contributed by atoms with Crippen LogP contribution in [0.1, 0.15) is 23.0 Å². The molecule has 2 rings (SSSR count). The van der Waals surface area contributed by atoms with E-state index in [4.69, 9.17) is 4.74 Å². The Kier molecular flexibility index (Phi) is 5.09. The molecule has 0 bridgehead atoms. The lowest BCUT2D eigenvalue weighted by Crippen LogP contribution is -2.20. The van der Waals surface area contributed by atoms with Gasteiger partial charge in [-0.3, -0.25) is 9.97 Å². The summed E-state index contributed by atoms with van der Waals surface area (Å²) in [6.07, 6.45) is 4.40. The molecule has 0 saturated heterocycles. The number of nitrogens with one attached hydrogen (secondary N) is 1. The van der Waals surface area contributed by atoms with E-state index in [1.807, 2.05) is 32.3 Å². The van der Waals surface area contributed by atoms with Crippen LogP contribution in [0.15, 0.2) is 35.1 Å². The number of aromatic nitrogens is 2. The molecule has 2 aromatic rings. The van der Waals surface area contributed by atoms with Crippen LogP contribution >= 0.6 is 15.9 Å². The lowest BCUT2D eigenvalue weighted by molar-refractivity contribution is 0.406. The number of nitrogens with zero attached hydrogens (tertiary/aromatic N) is 2. The zero-order valence-corrected chi connectivity index (χ0v) is 13.4. The van der Waals surface area contributed by atoms with Gasteiger partial charge in [-0.1, -0.05) is 15.9 Å². The second kappa shape index (κ2) is 6.81. The van der Waals surface area contributed by atoms with Crippen molar-refractivity contribution in [2.45, 2.75) is 19.4 Å². The van der Waals surface area contributed by atoms with Crippen LogP contribution in [0.5, 0.6) is 5.75 Å². The number of methoxy groups -OCH3 is 1. The van der Waals surface area contributed by atoms with Crippen LogP contribution in [0.4, 0.5) is 0 Å². The van der Waals surface area contributed by atoms with E-state index >= 15 is 0 Å². The van der Waals surface area contributed by atoms with Crippen molar-refractivity contribution in [3.05, 3.63) is 52.0 Å². The molecule has 1 N–H and O–H groups in total. The number of benzene rings is 1. The van der Waals surface area contributed by atoms with Crippen molar-refractivity contribution >= 4 is 15.9 Å². The lowest BCUT2D eigenvalue weighted by Gasteiger charge is -2.17. The maximum absolute atomic E-state index is 5.42. The monoisotopic (exact) mass is 335 g/mol. The highest BCUT2D eigenvalue weighted by molar-refractivity contribution is 9.10. The Morgan fingerprint density at radius 1 is 1.30 bits per heavy atom. The molecule has 1 unspecified atom stereocenters. The van der Waals surface area contributed by atoms with Crippen LogP contribution in [-0.2, 0) is 6.42 Å². The molecule has 0 aliphatic carbocycles. The van der Waals surface area contributed by atoms with Crippen molar-refractivity contribution in [2.75, 3.05) is 14.2 Å². The zero-order valence-electron chi connectivity index (χ0n) is 11.9. The summed E-state index contributed by atoms with van der Waals surface area (Å²) in [7, 11) is 3.61. The number of halogens is 1. The summed E-state index contributed by atoms with van der Waals surface area (Å²) in [4.78, 5) is 8.75. The van der Waals surface area contributed by atoms with Crippen molar-refractivity contribution in [1.82, 2.24) is 15.3 Å². The second-order valence-electron chi connectivity index (χ2n) is 4.58. The maximum Gasteiger partial charge on any atom is 0.122 e. The first-order valence-electron chi connectivity index (χ1n) is 6.42. The van der Waals surface area contributed by atoms with Crippen molar-refractivity contribution in [3.63, 3.8) is 0 Å². The topological polar surface area (TPSA) is 47.0 Å². The molecular formula is C15H18BrN3O. The summed E-state index contributed by atoms with van der Waals surface area (Å²) < 4.78 is 6.46. The highest BCUT2D eigenvalue weighted by atomic mass is 79.9. The Labute approximate surface area is 127 Å². The largest absolute Gasteiger partial charge is 0.496 e. The van der Waals surface area contributed by atoms with Crippen LogP contribution in [0, 0.1) is 6.92 Å². The standard InChI is InChI=1S/C15H18BrN3O/c1-10-8-19-14(9-18-10)13(17-2)7-11-6-12(16)4-5-15(11)20-3/h4-6,8-9,13,17H,7H2,1-3H3. The molecular weight excluding hydrogens is 318 g/mol. The Morgan fingerprint density at radius 2 is 2.10 bits per heavy atom. The SMILES string of the molecule is CNC(Cc1cc(Br)ccc1OC)c1cnc(C)cn1. The average Bonchev–Trinajstić information content (AvgIpc) is 2.46. The normalized spacial score (nSPS) is 12.2. The van der Waals surface area contributed by atoms with Gasteiger partial charge in [-0.15, -0.1) is 0 Å². The summed E-state index contributed by atoms with van der Waals surface area (Å²) >= 11 is 3.50. The smallest absolute Gasteiger partial charge is 0.122 e. The first-order valence-corrected chi connectivity index (χ1v) is 7.21. The Morgan fingerprint density at radius 3 is 2.70 bits per heavy atom. The van der Waals surface area contributed by atoms with Gasteiger partial charge in [-0.2, -0.15) is 0 Å². The highest BCUT2D eigenvalue weighted by Crippen LogP contribution is 2.27. The van der Waals surface area contributed by atoms with Gasteiger partial charge < -0.3 is 10.1 Å². The zero-order chi connectivity index (χ0) is 14.5. The molecule has 0 spiro atoms. The summed E-state index contributed by atoms with van der Waals surface area (Å²) in [5, 5.41) is 3.28. The second-order valence-corrected chi connectivity index (χ2v) is 5.50. The first kappa shape index (κ1) is 14.9. The third-order valence-corrected chi connectivity index (χ3v) is 3.67. The van der Waals surface area contributed by atoms with Gasteiger partial charge in [0.15, 0.2) is 0 Å². The number of aryl methyl sites for hydroxylation is 1. The van der Waals surface area contributed by atoms with Gasteiger partial charge in [-0.05, 0) is 44.2 Å². The molecule has 20 heavy (non-hydrogen) atoms. The molecule has 0 aliphatic rings. The molecule has 4 nitrogen and oxygen atoms in total. The molecule has 1 atom stereocenters. The fourth-order valence-corrected chi connectivity index (χ4v) is 2.47. The predicted octanol–water partition coefficient (Wildman–Crippen LogP) is 3.06. The van der Waals surface area contributed by atoms with Gasteiger partial charge in [0.2, 0.25) is 0 Å². The molecule has 0 radical (unpaired) electrons. The lowest BCUT2D eigenvalue weighted by atomic mass is 10.0. The van der Waals surface area contributed by atoms with Crippen molar-refractivity contribution in [1.29, 1.82) is 0 Å². The fraction of sp³-hybridized carbons (Fsp3) is 0.333. The third kappa shape index (κ3) is 3.55. The number of likely N-dealkylation sites (N-methyl/N-ethyl adjacent to an activating group) is 1. The molecule has 0 fully saturated rings. The van der Waals surface area contributed by atoms with Gasteiger partial charge in [0.25, 0.3) is 0 Å². The van der Waals surface area contributed by atoms with Crippen molar-refractivity contribution < 1.29 is 4.74 Å².